The van der Waals surface area contributed by atoms with Crippen molar-refractivity contribution in [3.8, 4) is 0 Å². The SMILES string of the molecule is CCC1CCCCC1N1CCC(N)C1=O. The molecule has 1 saturated heterocycles. The summed E-state index contributed by atoms with van der Waals surface area (Å²) >= 11 is 0. The fourth-order valence-electron chi connectivity index (χ4n) is 3.13. The first kappa shape index (κ1) is 10.9. The van der Waals surface area contributed by atoms with Crippen molar-refractivity contribution in [2.75, 3.05) is 6.54 Å². The molecule has 2 aliphatic rings. The standard InChI is InChI=1S/C12H22N2O/c1-2-9-5-3-4-6-11(9)14-8-7-10(13)12(14)15/h9-11H,2-8,13H2,1H3. The van der Waals surface area contributed by atoms with Crippen molar-refractivity contribution in [2.45, 2.75) is 57.5 Å². The van der Waals surface area contributed by atoms with Crippen LogP contribution in [0.1, 0.15) is 45.4 Å². The molecule has 3 heteroatoms. The minimum atomic E-state index is -0.218. The van der Waals surface area contributed by atoms with Gasteiger partial charge in [0.05, 0.1) is 6.04 Å². The lowest BCUT2D eigenvalue weighted by molar-refractivity contribution is -0.132. The third-order valence-electron chi connectivity index (χ3n) is 4.07. The van der Waals surface area contributed by atoms with Crippen molar-refractivity contribution >= 4 is 5.91 Å². The molecule has 2 N–H and O–H groups in total. The van der Waals surface area contributed by atoms with Gasteiger partial charge < -0.3 is 10.6 Å². The summed E-state index contributed by atoms with van der Waals surface area (Å²) in [5, 5.41) is 0. The maximum Gasteiger partial charge on any atom is 0.239 e. The molecule has 0 aromatic heterocycles. The third-order valence-corrected chi connectivity index (χ3v) is 4.07. The molecule has 1 heterocycles. The molecule has 86 valence electrons. The number of likely N-dealkylation sites (tertiary alicyclic amines) is 1. The Hall–Kier alpha value is -0.570. The highest BCUT2D eigenvalue weighted by atomic mass is 16.2. The van der Waals surface area contributed by atoms with Gasteiger partial charge in [-0.05, 0) is 25.2 Å². The molecule has 0 bridgehead atoms. The fourth-order valence-corrected chi connectivity index (χ4v) is 3.13. The monoisotopic (exact) mass is 210 g/mol. The highest BCUT2D eigenvalue weighted by molar-refractivity contribution is 5.84. The number of carbonyl (C=O) groups excluding carboxylic acids is 1. The topological polar surface area (TPSA) is 46.3 Å². The van der Waals surface area contributed by atoms with Gasteiger partial charge in [0.2, 0.25) is 5.91 Å². The van der Waals surface area contributed by atoms with Gasteiger partial charge >= 0.3 is 0 Å². The first-order valence-corrected chi connectivity index (χ1v) is 6.30. The van der Waals surface area contributed by atoms with Crippen molar-refractivity contribution in [1.82, 2.24) is 4.90 Å². The Balaban J connectivity index is 2.04. The predicted octanol–water partition coefficient (Wildman–Crippen LogP) is 1.51. The van der Waals surface area contributed by atoms with Crippen LogP contribution in [0.2, 0.25) is 0 Å². The van der Waals surface area contributed by atoms with E-state index >= 15 is 0 Å². The van der Waals surface area contributed by atoms with E-state index in [-0.39, 0.29) is 11.9 Å². The maximum atomic E-state index is 11.9. The second-order valence-electron chi connectivity index (χ2n) is 4.95. The lowest BCUT2D eigenvalue weighted by Gasteiger charge is -2.37. The molecule has 15 heavy (non-hydrogen) atoms. The quantitative estimate of drug-likeness (QED) is 0.751. The lowest BCUT2D eigenvalue weighted by atomic mass is 9.82. The summed E-state index contributed by atoms with van der Waals surface area (Å²) in [5.74, 6) is 0.911. The fraction of sp³-hybridized carbons (Fsp3) is 0.917. The van der Waals surface area contributed by atoms with Crippen LogP contribution in [0.3, 0.4) is 0 Å². The van der Waals surface area contributed by atoms with Gasteiger partial charge in [-0.15, -0.1) is 0 Å². The highest BCUT2D eigenvalue weighted by Gasteiger charge is 2.37. The van der Waals surface area contributed by atoms with Crippen LogP contribution in [0, 0.1) is 5.92 Å². The summed E-state index contributed by atoms with van der Waals surface area (Å²) in [5.41, 5.74) is 5.77. The van der Waals surface area contributed by atoms with Crippen molar-refractivity contribution in [2.24, 2.45) is 11.7 Å². The molecule has 1 saturated carbocycles. The van der Waals surface area contributed by atoms with E-state index in [0.29, 0.717) is 12.0 Å². The van der Waals surface area contributed by atoms with Gasteiger partial charge in [0.15, 0.2) is 0 Å². The van der Waals surface area contributed by atoms with E-state index in [1.54, 1.807) is 0 Å². The van der Waals surface area contributed by atoms with Crippen LogP contribution in [0.5, 0.6) is 0 Å². The second kappa shape index (κ2) is 4.52. The molecule has 0 radical (unpaired) electrons. The number of nitrogens with two attached hydrogens (primary N) is 1. The summed E-state index contributed by atoms with van der Waals surface area (Å²) in [6.07, 6.45) is 7.15. The van der Waals surface area contributed by atoms with Crippen LogP contribution >= 0.6 is 0 Å². The van der Waals surface area contributed by atoms with Gasteiger partial charge in [0, 0.05) is 12.6 Å². The average Bonchev–Trinajstić information content (AvgIpc) is 2.60. The summed E-state index contributed by atoms with van der Waals surface area (Å²) in [6.45, 7) is 3.13. The van der Waals surface area contributed by atoms with Crippen molar-refractivity contribution in [3.63, 3.8) is 0 Å². The van der Waals surface area contributed by atoms with Gasteiger partial charge in [-0.2, -0.15) is 0 Å². The molecule has 2 fully saturated rings. The number of amides is 1. The molecule has 0 aromatic rings. The van der Waals surface area contributed by atoms with E-state index in [4.69, 9.17) is 5.73 Å². The molecule has 1 amide bonds. The minimum absolute atomic E-state index is 0.195. The average molecular weight is 210 g/mol. The van der Waals surface area contributed by atoms with Gasteiger partial charge in [0.1, 0.15) is 0 Å². The van der Waals surface area contributed by atoms with Crippen LogP contribution < -0.4 is 5.73 Å². The molecule has 0 aromatic carbocycles. The molecule has 1 aliphatic carbocycles. The summed E-state index contributed by atoms with van der Waals surface area (Å²) in [6, 6.07) is 0.272. The number of hydrogen-bond donors (Lipinski definition) is 1. The predicted molar refractivity (Wildman–Crippen MR) is 60.3 cm³/mol. The summed E-state index contributed by atoms with van der Waals surface area (Å²) < 4.78 is 0. The van der Waals surface area contributed by atoms with Crippen LogP contribution in [0.4, 0.5) is 0 Å². The Morgan fingerprint density at radius 3 is 2.67 bits per heavy atom. The first-order valence-electron chi connectivity index (χ1n) is 6.30. The molecule has 0 spiro atoms. The Morgan fingerprint density at radius 2 is 2.07 bits per heavy atom. The molecule has 2 rings (SSSR count). The number of hydrogen-bond acceptors (Lipinski definition) is 2. The number of carbonyl (C=O) groups is 1. The lowest BCUT2D eigenvalue weighted by Crippen LogP contribution is -2.45. The van der Waals surface area contributed by atoms with Crippen molar-refractivity contribution in [3.05, 3.63) is 0 Å². The zero-order chi connectivity index (χ0) is 10.8. The minimum Gasteiger partial charge on any atom is -0.338 e. The molecule has 1 aliphatic heterocycles. The van der Waals surface area contributed by atoms with Gasteiger partial charge in [0.25, 0.3) is 0 Å². The van der Waals surface area contributed by atoms with Crippen LogP contribution in [0.15, 0.2) is 0 Å². The zero-order valence-electron chi connectivity index (χ0n) is 9.61. The number of rotatable bonds is 2. The van der Waals surface area contributed by atoms with E-state index in [1.165, 1.54) is 32.1 Å². The molecule has 3 unspecified atom stereocenters. The smallest absolute Gasteiger partial charge is 0.239 e. The van der Waals surface area contributed by atoms with Gasteiger partial charge in [-0.1, -0.05) is 26.2 Å². The van der Waals surface area contributed by atoms with E-state index in [2.05, 4.69) is 11.8 Å². The molecule has 3 atom stereocenters. The normalized spacial score (nSPS) is 37.3. The Bertz CT molecular complexity index is 242. The van der Waals surface area contributed by atoms with Gasteiger partial charge in [-0.3, -0.25) is 4.79 Å². The molecule has 3 nitrogen and oxygen atoms in total. The molecular weight excluding hydrogens is 188 g/mol. The second-order valence-corrected chi connectivity index (χ2v) is 4.95. The van der Waals surface area contributed by atoms with E-state index in [1.807, 2.05) is 0 Å². The first-order chi connectivity index (χ1) is 7.24. The summed E-state index contributed by atoms with van der Waals surface area (Å²) in [4.78, 5) is 13.9. The highest BCUT2D eigenvalue weighted by Crippen LogP contribution is 2.32. The van der Waals surface area contributed by atoms with Crippen LogP contribution in [-0.4, -0.2) is 29.4 Å². The van der Waals surface area contributed by atoms with Crippen molar-refractivity contribution < 1.29 is 4.79 Å². The third kappa shape index (κ3) is 2.03. The Morgan fingerprint density at radius 1 is 1.33 bits per heavy atom. The van der Waals surface area contributed by atoms with E-state index in [0.717, 1.165) is 13.0 Å². The van der Waals surface area contributed by atoms with Crippen LogP contribution in [-0.2, 0) is 4.79 Å². The van der Waals surface area contributed by atoms with E-state index < -0.39 is 0 Å². The van der Waals surface area contributed by atoms with Crippen LogP contribution in [0.25, 0.3) is 0 Å². The number of nitrogens with zero attached hydrogens (tertiary/aromatic N) is 1. The Kier molecular flexibility index (Phi) is 3.29. The Labute approximate surface area is 92.0 Å². The van der Waals surface area contributed by atoms with E-state index in [9.17, 15) is 4.79 Å². The molecular formula is C12H22N2O. The zero-order valence-corrected chi connectivity index (χ0v) is 9.61. The van der Waals surface area contributed by atoms with Crippen molar-refractivity contribution in [1.29, 1.82) is 0 Å². The van der Waals surface area contributed by atoms with Gasteiger partial charge in [-0.25, -0.2) is 0 Å². The maximum absolute atomic E-state index is 11.9. The summed E-state index contributed by atoms with van der Waals surface area (Å²) in [7, 11) is 0. The largest absolute Gasteiger partial charge is 0.338 e.